The van der Waals surface area contributed by atoms with Crippen LogP contribution in [0.3, 0.4) is 0 Å². The molecule has 22 heavy (non-hydrogen) atoms. The summed E-state index contributed by atoms with van der Waals surface area (Å²) in [5.74, 6) is 0. The predicted molar refractivity (Wildman–Crippen MR) is 88.8 cm³/mol. The van der Waals surface area contributed by atoms with E-state index in [0.717, 1.165) is 13.1 Å². The maximum atomic E-state index is 11.8. The number of nitrogens with one attached hydrogen (secondary N) is 1. The first-order valence-corrected chi connectivity index (χ1v) is 8.75. The van der Waals surface area contributed by atoms with E-state index >= 15 is 0 Å². The zero-order chi connectivity index (χ0) is 16.2. The van der Waals surface area contributed by atoms with E-state index < -0.39 is 5.60 Å². The molecule has 1 saturated carbocycles. The van der Waals surface area contributed by atoms with Crippen LogP contribution in [0.1, 0.15) is 59.3 Å². The molecule has 0 bridgehead atoms. The van der Waals surface area contributed by atoms with Crippen molar-refractivity contribution >= 4 is 6.09 Å². The maximum Gasteiger partial charge on any atom is 0.407 e. The number of rotatable bonds is 4. The first-order valence-electron chi connectivity index (χ1n) is 8.75. The first kappa shape index (κ1) is 17.5. The lowest BCUT2D eigenvalue weighted by Gasteiger charge is -2.42. The Morgan fingerprint density at radius 1 is 1.23 bits per heavy atom. The SMILES string of the molecule is CC(C)(C)OC(=O)NCC(CN)N1CCC2(CCCC2)CC1. The lowest BCUT2D eigenvalue weighted by Crippen LogP contribution is -2.52. The minimum absolute atomic E-state index is 0.214. The smallest absolute Gasteiger partial charge is 0.407 e. The van der Waals surface area contributed by atoms with E-state index in [2.05, 4.69) is 10.2 Å². The van der Waals surface area contributed by atoms with Crippen LogP contribution in [0.15, 0.2) is 0 Å². The number of nitrogens with two attached hydrogens (primary N) is 1. The second kappa shape index (κ2) is 7.18. The van der Waals surface area contributed by atoms with Crippen molar-refractivity contribution in [1.29, 1.82) is 0 Å². The molecular weight excluding hydrogens is 278 g/mol. The Labute approximate surface area is 134 Å². The highest BCUT2D eigenvalue weighted by atomic mass is 16.6. The fourth-order valence-electron chi connectivity index (χ4n) is 3.87. The second-order valence-corrected chi connectivity index (χ2v) is 8.02. The summed E-state index contributed by atoms with van der Waals surface area (Å²) in [6, 6.07) is 0.214. The molecule has 1 heterocycles. The zero-order valence-corrected chi connectivity index (χ0v) is 14.5. The summed E-state index contributed by atoms with van der Waals surface area (Å²) in [4.78, 5) is 14.2. The third-order valence-corrected chi connectivity index (χ3v) is 5.19. The molecule has 1 atom stereocenters. The molecule has 1 aliphatic heterocycles. The molecule has 1 unspecified atom stereocenters. The Morgan fingerprint density at radius 2 is 1.82 bits per heavy atom. The van der Waals surface area contributed by atoms with Gasteiger partial charge in [0.15, 0.2) is 0 Å². The van der Waals surface area contributed by atoms with Gasteiger partial charge in [-0.1, -0.05) is 12.8 Å². The van der Waals surface area contributed by atoms with Gasteiger partial charge in [-0.3, -0.25) is 4.90 Å². The predicted octanol–water partition coefficient (Wildman–Crippen LogP) is 2.49. The van der Waals surface area contributed by atoms with Gasteiger partial charge in [-0.2, -0.15) is 0 Å². The zero-order valence-electron chi connectivity index (χ0n) is 14.5. The van der Waals surface area contributed by atoms with Crippen molar-refractivity contribution in [2.45, 2.75) is 70.9 Å². The number of ether oxygens (including phenoxy) is 1. The molecule has 2 fully saturated rings. The molecular formula is C17H33N3O2. The summed E-state index contributed by atoms with van der Waals surface area (Å²) < 4.78 is 5.29. The Kier molecular flexibility index (Phi) is 5.72. The molecule has 0 radical (unpaired) electrons. The standard InChI is InChI=1S/C17H33N3O2/c1-16(2,3)22-15(21)19-13-14(12-18)20-10-8-17(9-11-20)6-4-5-7-17/h14H,4-13,18H2,1-3H3,(H,19,21). The van der Waals surface area contributed by atoms with Gasteiger partial charge in [0.2, 0.25) is 0 Å². The van der Waals surface area contributed by atoms with Crippen molar-refractivity contribution in [1.82, 2.24) is 10.2 Å². The molecule has 2 aliphatic rings. The number of carbonyl (C=O) groups is 1. The van der Waals surface area contributed by atoms with Crippen LogP contribution in [0.4, 0.5) is 4.79 Å². The largest absolute Gasteiger partial charge is 0.444 e. The minimum Gasteiger partial charge on any atom is -0.444 e. The summed E-state index contributed by atoms with van der Waals surface area (Å²) in [5, 5.41) is 2.87. The molecule has 5 nitrogen and oxygen atoms in total. The molecule has 128 valence electrons. The summed E-state index contributed by atoms with van der Waals surface area (Å²) in [6.07, 6.45) is 7.84. The Bertz CT molecular complexity index is 363. The van der Waals surface area contributed by atoms with Crippen molar-refractivity contribution in [2.24, 2.45) is 11.1 Å². The summed E-state index contributed by atoms with van der Waals surface area (Å²) in [5.41, 5.74) is 6.09. The third kappa shape index (κ3) is 4.85. The van der Waals surface area contributed by atoms with E-state index in [1.807, 2.05) is 20.8 Å². The number of hydrogen-bond donors (Lipinski definition) is 2. The van der Waals surface area contributed by atoms with E-state index in [9.17, 15) is 4.79 Å². The molecule has 3 N–H and O–H groups in total. The fraction of sp³-hybridized carbons (Fsp3) is 0.941. The van der Waals surface area contributed by atoms with Gasteiger partial charge in [0.1, 0.15) is 5.60 Å². The monoisotopic (exact) mass is 311 g/mol. The van der Waals surface area contributed by atoms with Crippen molar-refractivity contribution in [3.8, 4) is 0 Å². The average Bonchev–Trinajstić information content (AvgIpc) is 2.88. The van der Waals surface area contributed by atoms with Crippen LogP contribution in [0.5, 0.6) is 0 Å². The summed E-state index contributed by atoms with van der Waals surface area (Å²) in [6.45, 7) is 8.98. The second-order valence-electron chi connectivity index (χ2n) is 8.02. The van der Waals surface area contributed by atoms with Crippen LogP contribution < -0.4 is 11.1 Å². The van der Waals surface area contributed by atoms with E-state index in [1.165, 1.54) is 38.5 Å². The van der Waals surface area contributed by atoms with Crippen LogP contribution >= 0.6 is 0 Å². The highest BCUT2D eigenvalue weighted by Gasteiger charge is 2.38. The van der Waals surface area contributed by atoms with Gasteiger partial charge in [-0.15, -0.1) is 0 Å². The number of alkyl carbamates (subject to hydrolysis) is 1. The quantitative estimate of drug-likeness (QED) is 0.837. The maximum absolute atomic E-state index is 11.8. The van der Waals surface area contributed by atoms with Gasteiger partial charge < -0.3 is 15.8 Å². The highest BCUT2D eigenvalue weighted by molar-refractivity contribution is 5.67. The van der Waals surface area contributed by atoms with E-state index in [4.69, 9.17) is 10.5 Å². The molecule has 0 aromatic rings. The van der Waals surface area contributed by atoms with Crippen LogP contribution in [-0.4, -0.2) is 48.8 Å². The third-order valence-electron chi connectivity index (χ3n) is 5.19. The average molecular weight is 311 g/mol. The normalized spacial score (nSPS) is 23.5. The Morgan fingerprint density at radius 3 is 2.32 bits per heavy atom. The number of amides is 1. The first-order chi connectivity index (χ1) is 10.3. The van der Waals surface area contributed by atoms with Crippen LogP contribution in [0.25, 0.3) is 0 Å². The van der Waals surface area contributed by atoms with Crippen molar-refractivity contribution in [3.63, 3.8) is 0 Å². The number of piperidine rings is 1. The molecule has 0 aromatic carbocycles. The number of likely N-dealkylation sites (tertiary alicyclic amines) is 1. The molecule has 1 spiro atoms. The number of hydrogen-bond acceptors (Lipinski definition) is 4. The highest BCUT2D eigenvalue weighted by Crippen LogP contribution is 2.46. The van der Waals surface area contributed by atoms with E-state index in [-0.39, 0.29) is 12.1 Å². The van der Waals surface area contributed by atoms with Crippen molar-refractivity contribution in [2.75, 3.05) is 26.2 Å². The summed E-state index contributed by atoms with van der Waals surface area (Å²) in [7, 11) is 0. The van der Waals surface area contributed by atoms with Crippen molar-refractivity contribution < 1.29 is 9.53 Å². The topological polar surface area (TPSA) is 67.6 Å². The molecule has 1 saturated heterocycles. The number of nitrogens with zero attached hydrogens (tertiary/aromatic N) is 1. The van der Waals surface area contributed by atoms with Gasteiger partial charge in [0, 0.05) is 19.1 Å². The summed E-state index contributed by atoms with van der Waals surface area (Å²) >= 11 is 0. The minimum atomic E-state index is -0.456. The van der Waals surface area contributed by atoms with Gasteiger partial charge in [0.05, 0.1) is 0 Å². The Balaban J connectivity index is 1.76. The van der Waals surface area contributed by atoms with E-state index in [0.29, 0.717) is 18.5 Å². The van der Waals surface area contributed by atoms with Crippen molar-refractivity contribution in [3.05, 3.63) is 0 Å². The van der Waals surface area contributed by atoms with Crippen LogP contribution in [0.2, 0.25) is 0 Å². The lowest BCUT2D eigenvalue weighted by atomic mass is 9.77. The molecule has 1 amide bonds. The number of carbonyl (C=O) groups excluding carboxylic acids is 1. The molecule has 1 aliphatic carbocycles. The molecule has 2 rings (SSSR count). The molecule has 0 aromatic heterocycles. The van der Waals surface area contributed by atoms with Crippen LogP contribution in [-0.2, 0) is 4.74 Å². The molecule has 5 heteroatoms. The Hall–Kier alpha value is -0.810. The van der Waals surface area contributed by atoms with E-state index in [1.54, 1.807) is 0 Å². The van der Waals surface area contributed by atoms with Crippen LogP contribution in [0, 0.1) is 5.41 Å². The lowest BCUT2D eigenvalue weighted by molar-refractivity contribution is 0.0469. The van der Waals surface area contributed by atoms with Gasteiger partial charge >= 0.3 is 6.09 Å². The van der Waals surface area contributed by atoms with Gasteiger partial charge in [-0.05, 0) is 65.0 Å². The van der Waals surface area contributed by atoms with Gasteiger partial charge in [0.25, 0.3) is 0 Å². The van der Waals surface area contributed by atoms with Gasteiger partial charge in [-0.25, -0.2) is 4.79 Å². The fourth-order valence-corrected chi connectivity index (χ4v) is 3.87.